The van der Waals surface area contributed by atoms with Gasteiger partial charge in [-0.3, -0.25) is 0 Å². The van der Waals surface area contributed by atoms with Crippen LogP contribution in [0.4, 0.5) is 5.69 Å². The first-order valence-corrected chi connectivity index (χ1v) is 9.30. The summed E-state index contributed by atoms with van der Waals surface area (Å²) in [5.74, 6) is 2.71. The molecule has 0 radical (unpaired) electrons. The van der Waals surface area contributed by atoms with Crippen molar-refractivity contribution in [1.82, 2.24) is 0 Å². The molecule has 1 saturated carbocycles. The second-order valence-corrected chi connectivity index (χ2v) is 7.73. The predicted molar refractivity (Wildman–Crippen MR) is 98.3 cm³/mol. The zero-order valence-electron chi connectivity index (χ0n) is 13.0. The molecule has 0 amide bonds. The van der Waals surface area contributed by atoms with Crippen molar-refractivity contribution >= 4 is 34.7 Å². The molecule has 1 aliphatic carbocycles. The Morgan fingerprint density at radius 3 is 2.67 bits per heavy atom. The lowest BCUT2D eigenvalue weighted by atomic mass is 9.83. The van der Waals surface area contributed by atoms with E-state index in [1.165, 1.54) is 30.6 Å². The second-order valence-electron chi connectivity index (χ2n) is 5.98. The molecule has 1 aromatic carbocycles. The summed E-state index contributed by atoms with van der Waals surface area (Å²) in [7, 11) is 0. The zero-order valence-corrected chi connectivity index (χ0v) is 14.7. The first-order valence-electron chi connectivity index (χ1n) is 7.91. The molecule has 3 N–H and O–H groups in total. The lowest BCUT2D eigenvalue weighted by Crippen LogP contribution is -2.22. The van der Waals surface area contributed by atoms with Crippen LogP contribution < -0.4 is 11.1 Å². The van der Waals surface area contributed by atoms with E-state index in [2.05, 4.69) is 37.4 Å². The molecular weight excluding hydrogens is 296 g/mol. The molecule has 0 aliphatic heterocycles. The Balaban J connectivity index is 2.05. The van der Waals surface area contributed by atoms with Gasteiger partial charge in [-0.2, -0.15) is 0 Å². The van der Waals surface area contributed by atoms with Crippen LogP contribution in [-0.4, -0.2) is 17.3 Å². The van der Waals surface area contributed by atoms with Crippen molar-refractivity contribution in [1.29, 1.82) is 0 Å². The number of thiocarbonyl (C=S) groups is 1. The van der Waals surface area contributed by atoms with Crippen molar-refractivity contribution in [2.45, 2.75) is 44.4 Å². The number of thioether (sulfide) groups is 1. The van der Waals surface area contributed by atoms with Gasteiger partial charge in [-0.15, -0.1) is 11.8 Å². The van der Waals surface area contributed by atoms with E-state index in [1.807, 2.05) is 0 Å². The largest absolute Gasteiger partial charge is 0.389 e. The fourth-order valence-corrected chi connectivity index (χ4v) is 4.13. The van der Waals surface area contributed by atoms with Crippen LogP contribution in [0.3, 0.4) is 0 Å². The van der Waals surface area contributed by atoms with Gasteiger partial charge in [0.1, 0.15) is 4.99 Å². The molecule has 2 rings (SSSR count). The van der Waals surface area contributed by atoms with Gasteiger partial charge in [0.25, 0.3) is 0 Å². The maximum Gasteiger partial charge on any atom is 0.107 e. The minimum Gasteiger partial charge on any atom is -0.389 e. The van der Waals surface area contributed by atoms with E-state index in [9.17, 15) is 0 Å². The summed E-state index contributed by atoms with van der Waals surface area (Å²) in [6, 6.07) is 6.29. The molecule has 1 aliphatic rings. The molecule has 116 valence electrons. The molecular formula is C17H26N2S2. The fourth-order valence-electron chi connectivity index (χ4n) is 3.00. The smallest absolute Gasteiger partial charge is 0.107 e. The van der Waals surface area contributed by atoms with Gasteiger partial charge >= 0.3 is 0 Å². The Hall–Kier alpha value is -0.740. The van der Waals surface area contributed by atoms with E-state index in [-0.39, 0.29) is 0 Å². The molecule has 21 heavy (non-hydrogen) atoms. The SMILES string of the molecule is CCSc1cccc(NCC2CCC(C)CC2)c1C(N)=S. The Bertz CT molecular complexity index is 480. The third-order valence-electron chi connectivity index (χ3n) is 4.29. The highest BCUT2D eigenvalue weighted by Gasteiger charge is 2.19. The molecule has 0 aromatic heterocycles. The van der Waals surface area contributed by atoms with E-state index >= 15 is 0 Å². The molecule has 0 bridgehead atoms. The van der Waals surface area contributed by atoms with Crippen LogP contribution >= 0.6 is 24.0 Å². The minimum atomic E-state index is 0.492. The first kappa shape index (κ1) is 16.6. The highest BCUT2D eigenvalue weighted by Crippen LogP contribution is 2.31. The van der Waals surface area contributed by atoms with E-state index < -0.39 is 0 Å². The normalized spacial score (nSPS) is 22.0. The maximum atomic E-state index is 5.95. The van der Waals surface area contributed by atoms with Gasteiger partial charge in [0, 0.05) is 22.7 Å². The average molecular weight is 323 g/mol. The summed E-state index contributed by atoms with van der Waals surface area (Å²) in [4.78, 5) is 1.68. The Labute approximate surface area is 138 Å². The van der Waals surface area contributed by atoms with Gasteiger partial charge in [-0.1, -0.05) is 45.0 Å². The number of hydrogen-bond donors (Lipinski definition) is 2. The zero-order chi connectivity index (χ0) is 15.2. The summed E-state index contributed by atoms with van der Waals surface area (Å²) < 4.78 is 0. The van der Waals surface area contributed by atoms with Crippen LogP contribution in [0, 0.1) is 11.8 Å². The lowest BCUT2D eigenvalue weighted by Gasteiger charge is -2.27. The summed E-state index contributed by atoms with van der Waals surface area (Å²) in [5.41, 5.74) is 8.06. The standard InChI is InChI=1S/C17H26N2S2/c1-3-21-15-6-4-5-14(16(15)17(18)20)19-11-13-9-7-12(2)8-10-13/h4-6,12-13,19H,3,7-11H2,1-2H3,(H2,18,20). The highest BCUT2D eigenvalue weighted by molar-refractivity contribution is 7.99. The summed E-state index contributed by atoms with van der Waals surface area (Å²) in [6.07, 6.45) is 5.39. The third-order valence-corrected chi connectivity index (χ3v) is 5.43. The Kier molecular flexibility index (Phi) is 6.37. The molecule has 1 aromatic rings. The number of nitrogens with one attached hydrogen (secondary N) is 1. The van der Waals surface area contributed by atoms with Gasteiger partial charge in [-0.25, -0.2) is 0 Å². The van der Waals surface area contributed by atoms with Crippen molar-refractivity contribution in [3.8, 4) is 0 Å². The summed E-state index contributed by atoms with van der Waals surface area (Å²) in [6.45, 7) is 5.54. The van der Waals surface area contributed by atoms with E-state index in [4.69, 9.17) is 18.0 Å². The molecule has 0 spiro atoms. The van der Waals surface area contributed by atoms with Gasteiger partial charge < -0.3 is 11.1 Å². The van der Waals surface area contributed by atoms with Crippen molar-refractivity contribution in [2.75, 3.05) is 17.6 Å². The van der Waals surface area contributed by atoms with Gasteiger partial charge in [0.05, 0.1) is 0 Å². The number of anilines is 1. The monoisotopic (exact) mass is 322 g/mol. The topological polar surface area (TPSA) is 38.0 Å². The van der Waals surface area contributed by atoms with Gasteiger partial charge in [-0.05, 0) is 42.6 Å². The van der Waals surface area contributed by atoms with E-state index in [0.717, 1.165) is 35.4 Å². The van der Waals surface area contributed by atoms with Crippen LogP contribution in [0.1, 0.15) is 45.1 Å². The second kappa shape index (κ2) is 8.04. The molecule has 0 atom stereocenters. The number of nitrogens with two attached hydrogens (primary N) is 1. The molecule has 0 heterocycles. The van der Waals surface area contributed by atoms with Crippen LogP contribution in [0.2, 0.25) is 0 Å². The fraction of sp³-hybridized carbons (Fsp3) is 0.588. The third kappa shape index (κ3) is 4.62. The highest BCUT2D eigenvalue weighted by atomic mass is 32.2. The number of benzene rings is 1. The summed E-state index contributed by atoms with van der Waals surface area (Å²) >= 11 is 7.06. The van der Waals surface area contributed by atoms with Crippen LogP contribution in [0.5, 0.6) is 0 Å². The van der Waals surface area contributed by atoms with Gasteiger partial charge in [0.2, 0.25) is 0 Å². The molecule has 4 heteroatoms. The Morgan fingerprint density at radius 2 is 2.05 bits per heavy atom. The van der Waals surface area contributed by atoms with Gasteiger partial charge in [0.15, 0.2) is 0 Å². The van der Waals surface area contributed by atoms with Crippen LogP contribution in [0.15, 0.2) is 23.1 Å². The van der Waals surface area contributed by atoms with E-state index in [0.29, 0.717) is 4.99 Å². The maximum absolute atomic E-state index is 5.95. The van der Waals surface area contributed by atoms with E-state index in [1.54, 1.807) is 11.8 Å². The molecule has 0 saturated heterocycles. The lowest BCUT2D eigenvalue weighted by molar-refractivity contribution is 0.300. The van der Waals surface area contributed by atoms with Crippen molar-refractivity contribution in [3.63, 3.8) is 0 Å². The molecule has 1 fully saturated rings. The van der Waals surface area contributed by atoms with Crippen LogP contribution in [0.25, 0.3) is 0 Å². The van der Waals surface area contributed by atoms with Crippen molar-refractivity contribution in [3.05, 3.63) is 23.8 Å². The molecule has 0 unspecified atom stereocenters. The average Bonchev–Trinajstić information content (AvgIpc) is 2.47. The first-order chi connectivity index (χ1) is 10.1. The van der Waals surface area contributed by atoms with Crippen LogP contribution in [-0.2, 0) is 0 Å². The minimum absolute atomic E-state index is 0.492. The number of rotatable bonds is 6. The predicted octanol–water partition coefficient (Wildman–Crippen LogP) is 4.67. The Morgan fingerprint density at radius 1 is 1.33 bits per heavy atom. The molecule has 2 nitrogen and oxygen atoms in total. The quantitative estimate of drug-likeness (QED) is 0.589. The van der Waals surface area contributed by atoms with Crippen molar-refractivity contribution in [2.24, 2.45) is 17.6 Å². The number of hydrogen-bond acceptors (Lipinski definition) is 3. The summed E-state index contributed by atoms with van der Waals surface area (Å²) in [5, 5.41) is 3.60. The van der Waals surface area contributed by atoms with Crippen molar-refractivity contribution < 1.29 is 0 Å².